The van der Waals surface area contributed by atoms with Gasteiger partial charge in [-0.15, -0.1) is 11.3 Å². The molecule has 21 heavy (non-hydrogen) atoms. The number of thiophene rings is 1. The van der Waals surface area contributed by atoms with Crippen molar-refractivity contribution in [3.8, 4) is 0 Å². The quantitative estimate of drug-likeness (QED) is 0.802. The van der Waals surface area contributed by atoms with Gasteiger partial charge >= 0.3 is 0 Å². The fraction of sp³-hybridized carbons (Fsp3) is 0.267. The van der Waals surface area contributed by atoms with E-state index in [2.05, 4.69) is 38.2 Å². The number of rotatable bonds is 4. The Morgan fingerprint density at radius 3 is 2.86 bits per heavy atom. The maximum atomic E-state index is 4.61. The summed E-state index contributed by atoms with van der Waals surface area (Å²) >= 11 is 1.69. The lowest BCUT2D eigenvalue weighted by molar-refractivity contribution is 0.869. The van der Waals surface area contributed by atoms with Crippen LogP contribution in [0.3, 0.4) is 0 Å². The van der Waals surface area contributed by atoms with Crippen LogP contribution in [0.25, 0.3) is 10.2 Å². The minimum Gasteiger partial charge on any atom is -0.357 e. The lowest BCUT2D eigenvalue weighted by Gasteiger charge is -2.19. The van der Waals surface area contributed by atoms with Gasteiger partial charge in [0.2, 0.25) is 5.95 Å². The van der Waals surface area contributed by atoms with Crippen LogP contribution in [0.2, 0.25) is 0 Å². The van der Waals surface area contributed by atoms with Crippen LogP contribution in [0.4, 0.5) is 11.8 Å². The van der Waals surface area contributed by atoms with E-state index < -0.39 is 0 Å². The van der Waals surface area contributed by atoms with Gasteiger partial charge in [-0.1, -0.05) is 6.07 Å². The first-order valence-corrected chi connectivity index (χ1v) is 7.56. The Morgan fingerprint density at radius 2 is 2.14 bits per heavy atom. The number of nitrogens with one attached hydrogen (secondary N) is 1. The Kier molecular flexibility index (Phi) is 3.70. The van der Waals surface area contributed by atoms with Crippen molar-refractivity contribution in [2.24, 2.45) is 0 Å². The highest BCUT2D eigenvalue weighted by molar-refractivity contribution is 7.18. The summed E-state index contributed by atoms with van der Waals surface area (Å²) in [6.07, 6.45) is 1.81. The van der Waals surface area contributed by atoms with Gasteiger partial charge in [0.1, 0.15) is 10.6 Å². The zero-order valence-corrected chi connectivity index (χ0v) is 13.1. The van der Waals surface area contributed by atoms with Crippen molar-refractivity contribution in [2.75, 3.05) is 24.3 Å². The van der Waals surface area contributed by atoms with Gasteiger partial charge in [0.05, 0.1) is 17.6 Å². The van der Waals surface area contributed by atoms with E-state index in [9.17, 15) is 0 Å². The number of nitrogens with zero attached hydrogens (tertiary/aromatic N) is 4. The number of hydrogen-bond acceptors (Lipinski definition) is 6. The Labute approximate surface area is 127 Å². The molecular formula is C15H17N5S. The van der Waals surface area contributed by atoms with Crippen LogP contribution in [0, 0.1) is 6.92 Å². The van der Waals surface area contributed by atoms with Crippen LogP contribution in [-0.2, 0) is 6.54 Å². The van der Waals surface area contributed by atoms with Crippen molar-refractivity contribution >= 4 is 33.3 Å². The molecule has 3 heterocycles. The van der Waals surface area contributed by atoms with Crippen molar-refractivity contribution < 1.29 is 0 Å². The van der Waals surface area contributed by atoms with Gasteiger partial charge in [0.25, 0.3) is 0 Å². The third kappa shape index (κ3) is 2.80. The normalized spacial score (nSPS) is 10.8. The molecule has 0 spiro atoms. The highest BCUT2D eigenvalue weighted by Gasteiger charge is 2.14. The molecule has 0 aromatic carbocycles. The van der Waals surface area contributed by atoms with Gasteiger partial charge in [-0.25, -0.2) is 4.98 Å². The molecule has 0 fully saturated rings. The molecule has 0 aliphatic heterocycles. The Bertz CT molecular complexity index is 753. The van der Waals surface area contributed by atoms with Crippen molar-refractivity contribution in [3.63, 3.8) is 0 Å². The summed E-state index contributed by atoms with van der Waals surface area (Å²) in [6, 6.07) is 8.09. The average molecular weight is 299 g/mol. The second-order valence-corrected chi connectivity index (χ2v) is 6.11. The minimum atomic E-state index is 0.646. The fourth-order valence-electron chi connectivity index (χ4n) is 2.24. The molecule has 0 aliphatic carbocycles. The minimum absolute atomic E-state index is 0.646. The molecule has 0 saturated heterocycles. The van der Waals surface area contributed by atoms with Crippen molar-refractivity contribution in [1.29, 1.82) is 0 Å². The van der Waals surface area contributed by atoms with Crippen LogP contribution < -0.4 is 10.2 Å². The number of aromatic nitrogens is 3. The molecule has 5 nitrogen and oxygen atoms in total. The maximum Gasteiger partial charge on any atom is 0.225 e. The number of aryl methyl sites for hydroxylation is 1. The average Bonchev–Trinajstić information content (AvgIpc) is 2.87. The molecule has 1 N–H and O–H groups in total. The molecule has 0 aliphatic rings. The first-order valence-electron chi connectivity index (χ1n) is 6.74. The van der Waals surface area contributed by atoms with Gasteiger partial charge in [-0.3, -0.25) is 4.98 Å². The van der Waals surface area contributed by atoms with E-state index in [1.807, 2.05) is 38.5 Å². The first-order chi connectivity index (χ1) is 10.2. The summed E-state index contributed by atoms with van der Waals surface area (Å²) in [5, 5.41) is 4.12. The Morgan fingerprint density at radius 1 is 1.29 bits per heavy atom. The van der Waals surface area contributed by atoms with E-state index in [-0.39, 0.29) is 0 Å². The van der Waals surface area contributed by atoms with Crippen molar-refractivity contribution in [3.05, 3.63) is 41.0 Å². The molecule has 3 aromatic heterocycles. The predicted octanol–water partition coefficient (Wildman–Crippen LogP) is 3.07. The largest absolute Gasteiger partial charge is 0.357 e. The van der Waals surface area contributed by atoms with Gasteiger partial charge < -0.3 is 10.2 Å². The van der Waals surface area contributed by atoms with Crippen LogP contribution in [-0.4, -0.2) is 29.0 Å². The van der Waals surface area contributed by atoms with Crippen LogP contribution in [0.5, 0.6) is 0 Å². The summed E-state index contributed by atoms with van der Waals surface area (Å²) in [4.78, 5) is 17.9. The van der Waals surface area contributed by atoms with E-state index in [1.54, 1.807) is 11.3 Å². The van der Waals surface area contributed by atoms with Crippen LogP contribution in [0.15, 0.2) is 30.5 Å². The number of anilines is 2. The van der Waals surface area contributed by atoms with Crippen molar-refractivity contribution in [2.45, 2.75) is 13.5 Å². The fourth-order valence-corrected chi connectivity index (χ4v) is 3.11. The van der Waals surface area contributed by atoms with Gasteiger partial charge in [0.15, 0.2) is 0 Å². The molecule has 0 unspecified atom stereocenters. The molecule has 0 amide bonds. The Balaban J connectivity index is 2.01. The molecule has 0 bridgehead atoms. The summed E-state index contributed by atoms with van der Waals surface area (Å²) in [5.74, 6) is 1.58. The zero-order valence-electron chi connectivity index (χ0n) is 12.3. The van der Waals surface area contributed by atoms with Crippen molar-refractivity contribution in [1.82, 2.24) is 15.0 Å². The number of pyridine rings is 1. The standard InChI is InChI=1S/C15H17N5S/c1-10-8-12-13(18-15(16-2)19-14(12)21-10)20(3)9-11-6-4-5-7-17-11/h4-8H,9H2,1-3H3,(H,16,18,19). The molecule has 6 heteroatoms. The molecule has 0 atom stereocenters. The number of fused-ring (bicyclic) bond motifs is 1. The zero-order chi connectivity index (χ0) is 14.8. The molecule has 3 aromatic rings. The monoisotopic (exact) mass is 299 g/mol. The third-order valence-corrected chi connectivity index (χ3v) is 4.15. The van der Waals surface area contributed by atoms with Gasteiger partial charge in [0, 0.05) is 25.2 Å². The van der Waals surface area contributed by atoms with E-state index in [0.29, 0.717) is 12.5 Å². The molecule has 108 valence electrons. The third-order valence-electron chi connectivity index (χ3n) is 3.21. The smallest absolute Gasteiger partial charge is 0.225 e. The topological polar surface area (TPSA) is 53.9 Å². The SMILES string of the molecule is CNc1nc(N(C)Cc2ccccn2)c2cc(C)sc2n1. The summed E-state index contributed by atoms with van der Waals surface area (Å²) in [5.41, 5.74) is 1.02. The van der Waals surface area contributed by atoms with E-state index in [1.165, 1.54) is 4.88 Å². The highest BCUT2D eigenvalue weighted by atomic mass is 32.1. The molecule has 3 rings (SSSR count). The van der Waals surface area contributed by atoms with E-state index in [4.69, 9.17) is 0 Å². The summed E-state index contributed by atoms with van der Waals surface area (Å²) < 4.78 is 0. The first kappa shape index (κ1) is 13.8. The maximum absolute atomic E-state index is 4.61. The highest BCUT2D eigenvalue weighted by Crippen LogP contribution is 2.31. The van der Waals surface area contributed by atoms with Crippen LogP contribution >= 0.6 is 11.3 Å². The second kappa shape index (κ2) is 5.65. The molecular weight excluding hydrogens is 282 g/mol. The van der Waals surface area contributed by atoms with Crippen LogP contribution in [0.1, 0.15) is 10.6 Å². The molecule has 0 saturated carbocycles. The van der Waals surface area contributed by atoms with Gasteiger partial charge in [-0.05, 0) is 25.1 Å². The lowest BCUT2D eigenvalue weighted by atomic mass is 10.3. The number of hydrogen-bond donors (Lipinski definition) is 1. The van der Waals surface area contributed by atoms with E-state index in [0.717, 1.165) is 21.7 Å². The summed E-state index contributed by atoms with van der Waals surface area (Å²) in [6.45, 7) is 2.80. The second-order valence-electron chi connectivity index (χ2n) is 4.87. The lowest BCUT2D eigenvalue weighted by Crippen LogP contribution is -2.19. The molecule has 0 radical (unpaired) electrons. The predicted molar refractivity (Wildman–Crippen MR) is 88.0 cm³/mol. The van der Waals surface area contributed by atoms with Gasteiger partial charge in [-0.2, -0.15) is 4.98 Å². The Hall–Kier alpha value is -2.21. The van der Waals surface area contributed by atoms with E-state index >= 15 is 0 Å². The summed E-state index contributed by atoms with van der Waals surface area (Å²) in [7, 11) is 3.87.